The van der Waals surface area contributed by atoms with Gasteiger partial charge in [0.1, 0.15) is 11.3 Å². The minimum absolute atomic E-state index is 0.0218. The average molecular weight is 245 g/mol. The lowest BCUT2D eigenvalue weighted by Crippen LogP contribution is -2.29. The third kappa shape index (κ3) is 1.94. The minimum atomic E-state index is -0.518. The molecule has 3 rings (SSSR count). The number of hydrogen-bond donors (Lipinski definition) is 1. The maximum Gasteiger partial charge on any atom is 0.339 e. The summed E-state index contributed by atoms with van der Waals surface area (Å²) in [5, 5.41) is 10.3. The van der Waals surface area contributed by atoms with Gasteiger partial charge in [-0.3, -0.25) is 0 Å². The summed E-state index contributed by atoms with van der Waals surface area (Å²) < 4.78 is 5.13. The quantitative estimate of drug-likeness (QED) is 0.784. The van der Waals surface area contributed by atoms with Crippen LogP contribution in [0.5, 0.6) is 5.75 Å². The first-order valence-corrected chi connectivity index (χ1v) is 6.26. The summed E-state index contributed by atoms with van der Waals surface area (Å²) in [4.78, 5) is 13.5. The van der Waals surface area contributed by atoms with Gasteiger partial charge in [-0.05, 0) is 31.4 Å². The van der Waals surface area contributed by atoms with Gasteiger partial charge in [0.15, 0.2) is 0 Å². The first-order chi connectivity index (χ1) is 8.74. The van der Waals surface area contributed by atoms with Gasteiger partial charge in [0, 0.05) is 24.8 Å². The van der Waals surface area contributed by atoms with Crippen molar-refractivity contribution in [2.24, 2.45) is 0 Å². The molecule has 0 bridgehead atoms. The second-order valence-corrected chi connectivity index (χ2v) is 4.68. The lowest BCUT2D eigenvalue weighted by Gasteiger charge is -2.28. The van der Waals surface area contributed by atoms with Crippen LogP contribution in [0.1, 0.15) is 19.3 Å². The van der Waals surface area contributed by atoms with E-state index in [1.54, 1.807) is 6.07 Å². The van der Waals surface area contributed by atoms with E-state index in [2.05, 4.69) is 4.90 Å². The molecule has 0 aliphatic carbocycles. The number of aromatic hydroxyl groups is 1. The molecular formula is C14H15NO3. The molecule has 1 aliphatic heterocycles. The van der Waals surface area contributed by atoms with Gasteiger partial charge in [0.2, 0.25) is 0 Å². The number of benzene rings is 1. The Morgan fingerprint density at radius 2 is 1.89 bits per heavy atom. The van der Waals surface area contributed by atoms with Crippen molar-refractivity contribution in [3.8, 4) is 5.75 Å². The standard InChI is InChI=1S/C14H15NO3/c16-12-9-14(17)18-13-8-10(4-5-11(12)13)15-6-2-1-3-7-15/h4-5,8-9,16H,1-3,6-7H2. The van der Waals surface area contributed by atoms with Crippen LogP contribution in [0.15, 0.2) is 33.5 Å². The summed E-state index contributed by atoms with van der Waals surface area (Å²) >= 11 is 0. The Hall–Kier alpha value is -1.97. The van der Waals surface area contributed by atoms with Crippen molar-refractivity contribution in [3.63, 3.8) is 0 Å². The van der Waals surface area contributed by atoms with E-state index in [9.17, 15) is 9.90 Å². The summed E-state index contributed by atoms with van der Waals surface area (Å²) in [5.41, 5.74) is 0.981. The number of piperidine rings is 1. The fraction of sp³-hybridized carbons (Fsp3) is 0.357. The molecule has 18 heavy (non-hydrogen) atoms. The third-order valence-corrected chi connectivity index (χ3v) is 3.43. The molecule has 2 aromatic rings. The first kappa shape index (κ1) is 11.1. The Labute approximate surface area is 104 Å². The highest BCUT2D eigenvalue weighted by Crippen LogP contribution is 2.28. The topological polar surface area (TPSA) is 53.7 Å². The zero-order chi connectivity index (χ0) is 12.5. The Kier molecular flexibility index (Phi) is 2.70. The zero-order valence-electron chi connectivity index (χ0n) is 10.1. The summed E-state index contributed by atoms with van der Waals surface area (Å²) in [7, 11) is 0. The normalized spacial score (nSPS) is 16.1. The van der Waals surface area contributed by atoms with E-state index in [-0.39, 0.29) is 5.75 Å². The number of hydrogen-bond acceptors (Lipinski definition) is 4. The Morgan fingerprint density at radius 3 is 2.67 bits per heavy atom. The van der Waals surface area contributed by atoms with Crippen LogP contribution < -0.4 is 10.5 Å². The molecule has 1 saturated heterocycles. The second kappa shape index (κ2) is 4.37. The molecule has 4 heteroatoms. The van der Waals surface area contributed by atoms with Gasteiger partial charge in [-0.15, -0.1) is 0 Å². The predicted octanol–water partition coefficient (Wildman–Crippen LogP) is 2.49. The van der Waals surface area contributed by atoms with Crippen molar-refractivity contribution >= 4 is 16.7 Å². The van der Waals surface area contributed by atoms with E-state index in [0.29, 0.717) is 11.0 Å². The van der Waals surface area contributed by atoms with Gasteiger partial charge in [0.25, 0.3) is 0 Å². The second-order valence-electron chi connectivity index (χ2n) is 4.68. The number of rotatable bonds is 1. The highest BCUT2D eigenvalue weighted by Gasteiger charge is 2.12. The van der Waals surface area contributed by atoms with Crippen molar-refractivity contribution in [2.75, 3.05) is 18.0 Å². The Balaban J connectivity index is 2.07. The number of anilines is 1. The van der Waals surface area contributed by atoms with Crippen molar-refractivity contribution in [1.82, 2.24) is 0 Å². The monoisotopic (exact) mass is 245 g/mol. The van der Waals surface area contributed by atoms with Crippen LogP contribution in [0.4, 0.5) is 5.69 Å². The van der Waals surface area contributed by atoms with E-state index >= 15 is 0 Å². The van der Waals surface area contributed by atoms with Crippen LogP contribution in [0, 0.1) is 0 Å². The van der Waals surface area contributed by atoms with Gasteiger partial charge < -0.3 is 14.4 Å². The van der Waals surface area contributed by atoms with Gasteiger partial charge in [-0.2, -0.15) is 0 Å². The molecule has 0 saturated carbocycles. The van der Waals surface area contributed by atoms with Crippen LogP contribution in [-0.4, -0.2) is 18.2 Å². The van der Waals surface area contributed by atoms with Crippen molar-refractivity contribution in [2.45, 2.75) is 19.3 Å². The van der Waals surface area contributed by atoms with E-state index in [1.807, 2.05) is 12.1 Å². The first-order valence-electron chi connectivity index (χ1n) is 6.26. The average Bonchev–Trinajstić information content (AvgIpc) is 2.39. The number of nitrogens with zero attached hydrogens (tertiary/aromatic N) is 1. The summed E-state index contributed by atoms with van der Waals surface area (Å²) in [5.74, 6) is -0.0218. The van der Waals surface area contributed by atoms with Crippen molar-refractivity contribution < 1.29 is 9.52 Å². The molecule has 94 valence electrons. The Bertz CT molecular complexity index is 626. The van der Waals surface area contributed by atoms with Crippen LogP contribution in [0.3, 0.4) is 0 Å². The van der Waals surface area contributed by atoms with Crippen molar-refractivity contribution in [3.05, 3.63) is 34.7 Å². The summed E-state index contributed by atoms with van der Waals surface area (Å²) in [6.07, 6.45) is 3.67. The van der Waals surface area contributed by atoms with E-state index in [1.165, 1.54) is 19.3 Å². The van der Waals surface area contributed by atoms with E-state index < -0.39 is 5.63 Å². The smallest absolute Gasteiger partial charge is 0.339 e. The van der Waals surface area contributed by atoms with Crippen molar-refractivity contribution in [1.29, 1.82) is 0 Å². The largest absolute Gasteiger partial charge is 0.507 e. The van der Waals surface area contributed by atoms with E-state index in [4.69, 9.17) is 4.42 Å². The third-order valence-electron chi connectivity index (χ3n) is 3.43. The summed E-state index contributed by atoms with van der Waals surface area (Å²) in [6.45, 7) is 2.07. The molecule has 0 amide bonds. The molecule has 0 spiro atoms. The molecule has 4 nitrogen and oxygen atoms in total. The van der Waals surface area contributed by atoms with Crippen LogP contribution in [-0.2, 0) is 0 Å². The molecule has 1 aromatic heterocycles. The maximum atomic E-state index is 11.3. The molecule has 1 fully saturated rings. The SMILES string of the molecule is O=c1cc(O)c2ccc(N3CCCCC3)cc2o1. The van der Waals surface area contributed by atoms with Gasteiger partial charge in [-0.25, -0.2) is 4.79 Å². The zero-order valence-corrected chi connectivity index (χ0v) is 10.1. The molecule has 1 aromatic carbocycles. The molecule has 1 N–H and O–H groups in total. The van der Waals surface area contributed by atoms with Crippen LogP contribution >= 0.6 is 0 Å². The molecule has 1 aliphatic rings. The van der Waals surface area contributed by atoms with Gasteiger partial charge in [-0.1, -0.05) is 0 Å². The molecule has 0 radical (unpaired) electrons. The lowest BCUT2D eigenvalue weighted by atomic mass is 10.1. The molecule has 0 atom stereocenters. The highest BCUT2D eigenvalue weighted by atomic mass is 16.4. The highest BCUT2D eigenvalue weighted by molar-refractivity contribution is 5.85. The maximum absolute atomic E-state index is 11.3. The van der Waals surface area contributed by atoms with Crippen LogP contribution in [0.2, 0.25) is 0 Å². The Morgan fingerprint density at radius 1 is 1.11 bits per heavy atom. The molecule has 2 heterocycles. The lowest BCUT2D eigenvalue weighted by molar-refractivity contribution is 0.468. The number of fused-ring (bicyclic) bond motifs is 1. The van der Waals surface area contributed by atoms with E-state index in [0.717, 1.165) is 24.8 Å². The predicted molar refractivity (Wildman–Crippen MR) is 70.2 cm³/mol. The fourth-order valence-corrected chi connectivity index (χ4v) is 2.48. The molecule has 0 unspecified atom stereocenters. The van der Waals surface area contributed by atoms with Gasteiger partial charge >= 0.3 is 5.63 Å². The molecular weight excluding hydrogens is 230 g/mol. The van der Waals surface area contributed by atoms with Crippen LogP contribution in [0.25, 0.3) is 11.0 Å². The van der Waals surface area contributed by atoms with Gasteiger partial charge in [0.05, 0.1) is 11.5 Å². The minimum Gasteiger partial charge on any atom is -0.507 e. The summed E-state index contributed by atoms with van der Waals surface area (Å²) in [6, 6.07) is 6.70. The fourth-order valence-electron chi connectivity index (χ4n) is 2.48.